The third kappa shape index (κ3) is 2.54. The monoisotopic (exact) mass is 247 g/mol. The lowest BCUT2D eigenvalue weighted by molar-refractivity contribution is 0.0350. The first-order chi connectivity index (χ1) is 8.42. The van der Waals surface area contributed by atoms with Gasteiger partial charge in [-0.1, -0.05) is 45.9 Å². The lowest BCUT2D eigenvalue weighted by Gasteiger charge is -2.43. The van der Waals surface area contributed by atoms with Gasteiger partial charge in [0.05, 0.1) is 6.10 Å². The Balaban J connectivity index is 2.23. The van der Waals surface area contributed by atoms with E-state index >= 15 is 0 Å². The molecule has 1 saturated heterocycles. The van der Waals surface area contributed by atoms with E-state index in [9.17, 15) is 5.11 Å². The molecular formula is C16H25NO. The minimum absolute atomic E-state index is 0.0449. The number of nitrogens with zero attached hydrogens (tertiary/aromatic N) is 1. The number of hydrogen-bond donors (Lipinski definition) is 1. The number of piperidine rings is 1. The van der Waals surface area contributed by atoms with Crippen LogP contribution < -0.4 is 4.90 Å². The highest BCUT2D eigenvalue weighted by Gasteiger charge is 2.34. The van der Waals surface area contributed by atoms with Crippen molar-refractivity contribution in [2.75, 3.05) is 18.0 Å². The SMILES string of the molecule is CC(C)c1ccccc1N1CCC(C)(C)C(O)C1. The summed E-state index contributed by atoms with van der Waals surface area (Å²) in [6.07, 6.45) is 0.798. The van der Waals surface area contributed by atoms with E-state index in [1.165, 1.54) is 11.3 Å². The van der Waals surface area contributed by atoms with Crippen LogP contribution in [0.2, 0.25) is 0 Å². The predicted octanol–water partition coefficient (Wildman–Crippen LogP) is 3.41. The largest absolute Gasteiger partial charge is 0.391 e. The molecule has 1 aromatic carbocycles. The standard InChI is InChI=1S/C16H25NO/c1-12(2)13-7-5-6-8-14(13)17-10-9-16(3,4)15(18)11-17/h5-8,12,15,18H,9-11H2,1-4H3. The fourth-order valence-corrected chi connectivity index (χ4v) is 2.62. The maximum Gasteiger partial charge on any atom is 0.0766 e. The van der Waals surface area contributed by atoms with E-state index in [2.05, 4.69) is 56.9 Å². The Morgan fingerprint density at radius 3 is 2.56 bits per heavy atom. The lowest BCUT2D eigenvalue weighted by Crippen LogP contribution is -2.48. The van der Waals surface area contributed by atoms with Gasteiger partial charge < -0.3 is 10.0 Å². The second-order valence-corrected chi connectivity index (χ2v) is 6.41. The maximum atomic E-state index is 10.3. The van der Waals surface area contributed by atoms with Crippen LogP contribution in [0.1, 0.15) is 45.6 Å². The second-order valence-electron chi connectivity index (χ2n) is 6.41. The highest BCUT2D eigenvalue weighted by atomic mass is 16.3. The molecule has 2 heteroatoms. The van der Waals surface area contributed by atoms with E-state index in [1.807, 2.05) is 0 Å². The minimum atomic E-state index is -0.244. The van der Waals surface area contributed by atoms with Crippen molar-refractivity contribution in [3.8, 4) is 0 Å². The summed E-state index contributed by atoms with van der Waals surface area (Å²) in [7, 11) is 0. The van der Waals surface area contributed by atoms with Crippen molar-refractivity contribution in [3.63, 3.8) is 0 Å². The van der Waals surface area contributed by atoms with Crippen LogP contribution >= 0.6 is 0 Å². The molecule has 1 atom stereocenters. The molecule has 0 aliphatic carbocycles. The molecule has 0 radical (unpaired) electrons. The Bertz CT molecular complexity index is 411. The summed E-state index contributed by atoms with van der Waals surface area (Å²) in [5.74, 6) is 0.522. The second kappa shape index (κ2) is 4.93. The van der Waals surface area contributed by atoms with E-state index in [0.29, 0.717) is 5.92 Å². The Morgan fingerprint density at radius 1 is 1.28 bits per heavy atom. The predicted molar refractivity (Wildman–Crippen MR) is 77.1 cm³/mol. The van der Waals surface area contributed by atoms with Crippen molar-refractivity contribution in [2.45, 2.75) is 46.1 Å². The number of rotatable bonds is 2. The number of para-hydroxylation sites is 1. The quantitative estimate of drug-likeness (QED) is 0.865. The van der Waals surface area contributed by atoms with Gasteiger partial charge in [-0.15, -0.1) is 0 Å². The zero-order chi connectivity index (χ0) is 13.3. The van der Waals surface area contributed by atoms with Gasteiger partial charge in [-0.25, -0.2) is 0 Å². The molecule has 18 heavy (non-hydrogen) atoms. The summed E-state index contributed by atoms with van der Waals surface area (Å²) in [6, 6.07) is 8.57. The molecule has 0 saturated carbocycles. The number of benzene rings is 1. The van der Waals surface area contributed by atoms with Crippen LogP contribution in [-0.4, -0.2) is 24.3 Å². The summed E-state index contributed by atoms with van der Waals surface area (Å²) in [4.78, 5) is 2.34. The van der Waals surface area contributed by atoms with Crippen molar-refractivity contribution in [2.24, 2.45) is 5.41 Å². The normalized spacial score (nSPS) is 23.4. The topological polar surface area (TPSA) is 23.5 Å². The van der Waals surface area contributed by atoms with Crippen LogP contribution in [0.4, 0.5) is 5.69 Å². The molecule has 2 rings (SSSR count). The van der Waals surface area contributed by atoms with Crippen LogP contribution in [-0.2, 0) is 0 Å². The lowest BCUT2D eigenvalue weighted by atomic mass is 9.79. The van der Waals surface area contributed by atoms with Gasteiger partial charge in [-0.05, 0) is 29.4 Å². The Kier molecular flexibility index (Phi) is 3.67. The Morgan fingerprint density at radius 2 is 1.94 bits per heavy atom. The maximum absolute atomic E-state index is 10.3. The van der Waals surface area contributed by atoms with Crippen molar-refractivity contribution in [1.82, 2.24) is 0 Å². The summed E-state index contributed by atoms with van der Waals surface area (Å²) in [5, 5.41) is 10.3. The van der Waals surface area contributed by atoms with Gasteiger partial charge in [-0.3, -0.25) is 0 Å². The molecule has 1 aliphatic rings. The van der Waals surface area contributed by atoms with Gasteiger partial charge in [0.25, 0.3) is 0 Å². The molecule has 0 amide bonds. The molecular weight excluding hydrogens is 222 g/mol. The fraction of sp³-hybridized carbons (Fsp3) is 0.625. The highest BCUT2D eigenvalue weighted by molar-refractivity contribution is 5.55. The van der Waals surface area contributed by atoms with Crippen LogP contribution in [0.3, 0.4) is 0 Å². The molecule has 1 N–H and O–H groups in total. The Labute approximate surface area is 111 Å². The smallest absolute Gasteiger partial charge is 0.0766 e. The highest BCUT2D eigenvalue weighted by Crippen LogP contribution is 2.35. The summed E-state index contributed by atoms with van der Waals surface area (Å²) in [5.41, 5.74) is 2.72. The van der Waals surface area contributed by atoms with Gasteiger partial charge in [-0.2, -0.15) is 0 Å². The van der Waals surface area contributed by atoms with E-state index in [1.54, 1.807) is 0 Å². The first-order valence-electron chi connectivity index (χ1n) is 6.94. The first-order valence-corrected chi connectivity index (χ1v) is 6.94. The Hall–Kier alpha value is -1.02. The first kappa shape index (κ1) is 13.4. The van der Waals surface area contributed by atoms with Gasteiger partial charge in [0, 0.05) is 18.8 Å². The fourth-order valence-electron chi connectivity index (χ4n) is 2.62. The molecule has 1 aromatic rings. The summed E-state index contributed by atoms with van der Waals surface area (Å²) in [6.45, 7) is 10.5. The molecule has 0 aromatic heterocycles. The van der Waals surface area contributed by atoms with Crippen molar-refractivity contribution < 1.29 is 5.11 Å². The number of aliphatic hydroxyl groups excluding tert-OH is 1. The zero-order valence-corrected chi connectivity index (χ0v) is 12.0. The number of aliphatic hydroxyl groups is 1. The molecule has 1 fully saturated rings. The van der Waals surface area contributed by atoms with E-state index in [4.69, 9.17) is 0 Å². The van der Waals surface area contributed by atoms with Crippen molar-refractivity contribution >= 4 is 5.69 Å². The van der Waals surface area contributed by atoms with Crippen LogP contribution in [0.15, 0.2) is 24.3 Å². The molecule has 2 nitrogen and oxygen atoms in total. The van der Waals surface area contributed by atoms with Gasteiger partial charge in [0.2, 0.25) is 0 Å². The van der Waals surface area contributed by atoms with Crippen LogP contribution in [0.25, 0.3) is 0 Å². The average Bonchev–Trinajstić information content (AvgIpc) is 2.33. The summed E-state index contributed by atoms with van der Waals surface area (Å²) < 4.78 is 0. The number of hydrogen-bond acceptors (Lipinski definition) is 2. The molecule has 100 valence electrons. The minimum Gasteiger partial charge on any atom is -0.391 e. The molecule has 0 spiro atoms. The molecule has 1 heterocycles. The van der Waals surface area contributed by atoms with Crippen molar-refractivity contribution in [3.05, 3.63) is 29.8 Å². The van der Waals surface area contributed by atoms with Crippen LogP contribution in [0, 0.1) is 5.41 Å². The molecule has 1 aliphatic heterocycles. The third-order valence-corrected chi connectivity index (χ3v) is 4.22. The average molecular weight is 247 g/mol. The van der Waals surface area contributed by atoms with Gasteiger partial charge in [0.15, 0.2) is 0 Å². The van der Waals surface area contributed by atoms with Crippen LogP contribution in [0.5, 0.6) is 0 Å². The van der Waals surface area contributed by atoms with Gasteiger partial charge >= 0.3 is 0 Å². The van der Waals surface area contributed by atoms with E-state index < -0.39 is 0 Å². The van der Waals surface area contributed by atoms with Crippen molar-refractivity contribution in [1.29, 1.82) is 0 Å². The van der Waals surface area contributed by atoms with E-state index in [0.717, 1.165) is 19.5 Å². The number of anilines is 1. The summed E-state index contributed by atoms with van der Waals surface area (Å²) >= 11 is 0. The molecule has 0 bridgehead atoms. The van der Waals surface area contributed by atoms with E-state index in [-0.39, 0.29) is 11.5 Å². The molecule has 1 unspecified atom stereocenters. The third-order valence-electron chi connectivity index (χ3n) is 4.22. The number of β-amino-alcohol motifs (C(OH)–C–C–N with tert-alkyl or cyclic N) is 1. The van der Waals surface area contributed by atoms with Gasteiger partial charge in [0.1, 0.15) is 0 Å². The zero-order valence-electron chi connectivity index (χ0n) is 12.0.